The Balaban J connectivity index is 2.14. The lowest BCUT2D eigenvalue weighted by Gasteiger charge is -2.27. The van der Waals surface area contributed by atoms with E-state index >= 15 is 0 Å². The van der Waals surface area contributed by atoms with E-state index in [0.717, 1.165) is 43.5 Å². The van der Waals surface area contributed by atoms with Gasteiger partial charge in [0.2, 0.25) is 0 Å². The lowest BCUT2D eigenvalue weighted by molar-refractivity contribution is 0.193. The largest absolute Gasteiger partial charge is 0.330 e. The summed E-state index contributed by atoms with van der Waals surface area (Å²) in [4.78, 5) is 0. The lowest BCUT2D eigenvalue weighted by Crippen LogP contribution is -2.32. The fraction of sp³-hybridized carbons (Fsp3) is 0.571. The molecule has 0 radical (unpaired) electrons. The summed E-state index contributed by atoms with van der Waals surface area (Å²) in [5.74, 6) is 0.114. The van der Waals surface area contributed by atoms with Crippen molar-refractivity contribution < 1.29 is 4.39 Å². The van der Waals surface area contributed by atoms with E-state index in [4.69, 9.17) is 5.73 Å². The molecule has 1 aliphatic rings. The molecule has 3 N–H and O–H groups in total. The Hall–Kier alpha value is -0.930. The summed E-state index contributed by atoms with van der Waals surface area (Å²) in [6, 6.07) is 7.77. The number of halogens is 1. The quantitative estimate of drug-likeness (QED) is 0.841. The first-order valence-corrected chi connectivity index (χ1v) is 6.45. The topological polar surface area (TPSA) is 38.0 Å². The molecule has 2 atom stereocenters. The van der Waals surface area contributed by atoms with Crippen LogP contribution in [0.2, 0.25) is 0 Å². The molecular weight excluding hydrogens is 215 g/mol. The molecule has 1 aromatic carbocycles. The fourth-order valence-corrected chi connectivity index (χ4v) is 2.57. The number of piperidine rings is 1. The number of hydrogen-bond donors (Lipinski definition) is 2. The highest BCUT2D eigenvalue weighted by Crippen LogP contribution is 2.32. The van der Waals surface area contributed by atoms with Crippen molar-refractivity contribution in [1.29, 1.82) is 0 Å². The molecule has 94 valence electrons. The van der Waals surface area contributed by atoms with Gasteiger partial charge in [-0.05, 0) is 43.5 Å². The molecule has 0 amide bonds. The summed E-state index contributed by atoms with van der Waals surface area (Å²) >= 11 is 0. The summed E-state index contributed by atoms with van der Waals surface area (Å²) < 4.78 is 14.5. The smallest absolute Gasteiger partial charge is 0.129 e. The normalized spacial score (nSPS) is 22.4. The third-order valence-corrected chi connectivity index (χ3v) is 3.51. The van der Waals surface area contributed by atoms with Crippen LogP contribution in [0.4, 0.5) is 4.39 Å². The van der Waals surface area contributed by atoms with Gasteiger partial charge in [0.15, 0.2) is 0 Å². The molecule has 2 rings (SSSR count). The Morgan fingerprint density at radius 2 is 2.24 bits per heavy atom. The minimum absolute atomic E-state index is 0.114. The van der Waals surface area contributed by atoms with E-state index in [1.54, 1.807) is 0 Å². The first-order valence-electron chi connectivity index (χ1n) is 6.45. The van der Waals surface area contributed by atoms with Gasteiger partial charge < -0.3 is 11.1 Å². The van der Waals surface area contributed by atoms with Crippen LogP contribution in [0.15, 0.2) is 24.3 Å². The van der Waals surface area contributed by atoms with Crippen molar-refractivity contribution in [1.82, 2.24) is 5.32 Å². The summed E-state index contributed by atoms with van der Waals surface area (Å²) in [5, 5.41) is 3.27. The Kier molecular flexibility index (Phi) is 4.51. The summed E-state index contributed by atoms with van der Waals surface area (Å²) in [7, 11) is 0. The molecule has 1 aromatic rings. The van der Waals surface area contributed by atoms with Crippen LogP contribution >= 0.6 is 0 Å². The molecule has 1 heterocycles. The van der Waals surface area contributed by atoms with Gasteiger partial charge in [-0.15, -0.1) is 0 Å². The number of alkyl halides is 1. The molecule has 2 unspecified atom stereocenters. The van der Waals surface area contributed by atoms with Crippen molar-refractivity contribution in [3.63, 3.8) is 0 Å². The van der Waals surface area contributed by atoms with E-state index in [2.05, 4.69) is 5.32 Å². The van der Waals surface area contributed by atoms with Gasteiger partial charge in [0.25, 0.3) is 0 Å². The Labute approximate surface area is 102 Å². The van der Waals surface area contributed by atoms with Crippen molar-refractivity contribution in [2.45, 2.75) is 25.4 Å². The van der Waals surface area contributed by atoms with E-state index in [0.29, 0.717) is 6.54 Å². The highest BCUT2D eigenvalue weighted by molar-refractivity contribution is 5.30. The van der Waals surface area contributed by atoms with E-state index in [1.807, 2.05) is 24.3 Å². The van der Waals surface area contributed by atoms with Gasteiger partial charge in [-0.2, -0.15) is 0 Å². The average molecular weight is 236 g/mol. The highest BCUT2D eigenvalue weighted by atomic mass is 19.1. The second-order valence-electron chi connectivity index (χ2n) is 4.75. The molecule has 0 aliphatic carbocycles. The van der Waals surface area contributed by atoms with E-state index < -0.39 is 6.17 Å². The van der Waals surface area contributed by atoms with E-state index in [1.165, 1.54) is 0 Å². The van der Waals surface area contributed by atoms with Gasteiger partial charge in [0.1, 0.15) is 6.17 Å². The maximum absolute atomic E-state index is 14.5. The third kappa shape index (κ3) is 3.05. The lowest BCUT2D eigenvalue weighted by atomic mass is 9.88. The molecule has 1 fully saturated rings. The molecule has 2 nitrogen and oxygen atoms in total. The number of rotatable bonds is 4. The highest BCUT2D eigenvalue weighted by Gasteiger charge is 2.25. The van der Waals surface area contributed by atoms with Gasteiger partial charge in [0.05, 0.1) is 0 Å². The van der Waals surface area contributed by atoms with Crippen LogP contribution in [0, 0.1) is 5.92 Å². The number of hydrogen-bond acceptors (Lipinski definition) is 2. The van der Waals surface area contributed by atoms with Crippen molar-refractivity contribution in [3.8, 4) is 0 Å². The monoisotopic (exact) mass is 236 g/mol. The van der Waals surface area contributed by atoms with Gasteiger partial charge in [-0.1, -0.05) is 24.3 Å². The first-order chi connectivity index (χ1) is 8.33. The Bertz CT molecular complexity index is 348. The van der Waals surface area contributed by atoms with Gasteiger partial charge in [0, 0.05) is 12.5 Å². The van der Waals surface area contributed by atoms with Crippen molar-refractivity contribution in [2.75, 3.05) is 19.6 Å². The molecule has 0 bridgehead atoms. The molecule has 1 aliphatic heterocycles. The molecule has 1 saturated heterocycles. The van der Waals surface area contributed by atoms with Crippen LogP contribution in [0.25, 0.3) is 0 Å². The van der Waals surface area contributed by atoms with E-state index in [9.17, 15) is 4.39 Å². The van der Waals surface area contributed by atoms with Crippen molar-refractivity contribution in [3.05, 3.63) is 35.4 Å². The van der Waals surface area contributed by atoms with Crippen LogP contribution in [-0.4, -0.2) is 19.6 Å². The van der Waals surface area contributed by atoms with Crippen LogP contribution in [0.3, 0.4) is 0 Å². The first kappa shape index (κ1) is 12.5. The zero-order valence-electron chi connectivity index (χ0n) is 10.2. The summed E-state index contributed by atoms with van der Waals surface area (Å²) in [6.07, 6.45) is 1.96. The summed E-state index contributed by atoms with van der Waals surface area (Å²) in [5.41, 5.74) is 7.48. The molecule has 17 heavy (non-hydrogen) atoms. The average Bonchev–Trinajstić information content (AvgIpc) is 2.40. The second kappa shape index (κ2) is 6.12. The van der Waals surface area contributed by atoms with Crippen molar-refractivity contribution in [2.24, 2.45) is 11.7 Å². The molecular formula is C14H21FN2. The van der Waals surface area contributed by atoms with Crippen LogP contribution < -0.4 is 11.1 Å². The van der Waals surface area contributed by atoms with Crippen LogP contribution in [0.5, 0.6) is 0 Å². The molecule has 0 spiro atoms. The second-order valence-corrected chi connectivity index (χ2v) is 4.75. The number of nitrogens with one attached hydrogen (secondary N) is 1. The van der Waals surface area contributed by atoms with Gasteiger partial charge >= 0.3 is 0 Å². The van der Waals surface area contributed by atoms with Crippen LogP contribution in [0.1, 0.15) is 30.1 Å². The molecule has 0 saturated carbocycles. The maximum Gasteiger partial charge on any atom is 0.129 e. The molecule has 0 aromatic heterocycles. The van der Waals surface area contributed by atoms with E-state index in [-0.39, 0.29) is 5.92 Å². The van der Waals surface area contributed by atoms with Crippen molar-refractivity contribution >= 4 is 0 Å². The zero-order chi connectivity index (χ0) is 12.1. The zero-order valence-corrected chi connectivity index (χ0v) is 10.2. The van der Waals surface area contributed by atoms with Crippen LogP contribution in [-0.2, 0) is 6.42 Å². The maximum atomic E-state index is 14.5. The van der Waals surface area contributed by atoms with Gasteiger partial charge in [-0.3, -0.25) is 0 Å². The standard InChI is InChI=1S/C14H21FN2/c15-14(12-5-3-9-17-10-12)13-6-2-1-4-11(13)7-8-16/h1-2,4,6,12,14,17H,3,5,7-10,16H2. The third-order valence-electron chi connectivity index (χ3n) is 3.51. The Morgan fingerprint density at radius 1 is 1.41 bits per heavy atom. The minimum atomic E-state index is -0.856. The number of benzene rings is 1. The summed E-state index contributed by atoms with van der Waals surface area (Å²) in [6.45, 7) is 2.39. The predicted molar refractivity (Wildman–Crippen MR) is 68.6 cm³/mol. The minimum Gasteiger partial charge on any atom is -0.330 e. The van der Waals surface area contributed by atoms with Gasteiger partial charge in [-0.25, -0.2) is 4.39 Å². The predicted octanol–water partition coefficient (Wildman–Crippen LogP) is 2.20. The Morgan fingerprint density at radius 3 is 2.94 bits per heavy atom. The fourth-order valence-electron chi connectivity index (χ4n) is 2.57. The SMILES string of the molecule is NCCc1ccccc1C(F)C1CCCNC1. The molecule has 3 heteroatoms. The number of nitrogens with two attached hydrogens (primary N) is 1.